The Bertz CT molecular complexity index is 658. The Kier molecular flexibility index (Phi) is 7.66. The average molecular weight is 341 g/mol. The number of carboxylic acids is 1. The molecule has 1 unspecified atom stereocenters. The first-order chi connectivity index (χ1) is 12.1. The van der Waals surface area contributed by atoms with Crippen molar-refractivity contribution in [1.29, 1.82) is 0 Å². The Morgan fingerprint density at radius 3 is 2.28 bits per heavy atom. The average Bonchev–Trinajstić information content (AvgIpc) is 2.62. The van der Waals surface area contributed by atoms with E-state index in [1.54, 1.807) is 0 Å². The molecule has 0 fully saturated rings. The zero-order valence-corrected chi connectivity index (χ0v) is 14.1. The van der Waals surface area contributed by atoms with Gasteiger partial charge in [-0.05, 0) is 23.5 Å². The lowest BCUT2D eigenvalue weighted by Gasteiger charge is -2.17. The first-order valence-electron chi connectivity index (χ1n) is 8.30. The van der Waals surface area contributed by atoms with Crippen LogP contribution in [0.5, 0.6) is 0 Å². The van der Waals surface area contributed by atoms with Crippen LogP contribution >= 0.6 is 0 Å². The first kappa shape index (κ1) is 18.7. The third-order valence-electron chi connectivity index (χ3n) is 3.82. The van der Waals surface area contributed by atoms with E-state index in [4.69, 9.17) is 9.84 Å². The highest BCUT2D eigenvalue weighted by molar-refractivity contribution is 5.77. The number of hydrogen-bond acceptors (Lipinski definition) is 3. The molecule has 1 atom stereocenters. The highest BCUT2D eigenvalue weighted by Gasteiger charge is 2.16. The maximum atomic E-state index is 12.2. The number of benzene rings is 2. The fraction of sp³-hybridized carbons (Fsp3) is 0.300. The Balaban J connectivity index is 1.89. The summed E-state index contributed by atoms with van der Waals surface area (Å²) in [5.41, 5.74) is 2.32. The van der Waals surface area contributed by atoms with Gasteiger partial charge in [0.1, 0.15) is 6.61 Å². The van der Waals surface area contributed by atoms with E-state index >= 15 is 0 Å². The quantitative estimate of drug-likeness (QED) is 0.652. The summed E-state index contributed by atoms with van der Waals surface area (Å²) >= 11 is 0. The van der Waals surface area contributed by atoms with Gasteiger partial charge in [0, 0.05) is 13.0 Å². The number of amides is 1. The number of hydrogen-bond donors (Lipinski definition) is 2. The molecule has 0 aliphatic heterocycles. The molecule has 2 aromatic carbocycles. The molecule has 25 heavy (non-hydrogen) atoms. The van der Waals surface area contributed by atoms with E-state index in [1.807, 2.05) is 48.5 Å². The topological polar surface area (TPSA) is 75.6 Å². The maximum Gasteiger partial charge on any atom is 0.329 e. The zero-order chi connectivity index (χ0) is 17.9. The third kappa shape index (κ3) is 7.18. The van der Waals surface area contributed by atoms with Crippen molar-refractivity contribution in [2.75, 3.05) is 19.8 Å². The molecule has 0 saturated carbocycles. The Morgan fingerprint density at radius 1 is 1.00 bits per heavy atom. The van der Waals surface area contributed by atoms with Crippen LogP contribution in [-0.4, -0.2) is 36.7 Å². The van der Waals surface area contributed by atoms with Crippen LogP contribution in [0, 0.1) is 0 Å². The summed E-state index contributed by atoms with van der Waals surface area (Å²) in [5, 5.41) is 11.3. The largest absolute Gasteiger partial charge is 0.480 e. The lowest BCUT2D eigenvalue weighted by Crippen LogP contribution is -2.29. The second-order valence-corrected chi connectivity index (χ2v) is 5.80. The van der Waals surface area contributed by atoms with E-state index in [0.29, 0.717) is 13.0 Å². The number of carboxylic acid groups (broad SMARTS) is 1. The molecule has 0 aliphatic rings. The summed E-state index contributed by atoms with van der Waals surface area (Å²) in [7, 11) is 0. The van der Waals surface area contributed by atoms with Crippen molar-refractivity contribution in [2.45, 2.75) is 18.8 Å². The predicted molar refractivity (Wildman–Crippen MR) is 95.4 cm³/mol. The molecule has 0 bridgehead atoms. The van der Waals surface area contributed by atoms with Crippen LogP contribution in [0.3, 0.4) is 0 Å². The lowest BCUT2D eigenvalue weighted by atomic mass is 9.89. The van der Waals surface area contributed by atoms with Crippen molar-refractivity contribution in [2.24, 2.45) is 0 Å². The van der Waals surface area contributed by atoms with Crippen molar-refractivity contribution < 1.29 is 19.4 Å². The van der Waals surface area contributed by atoms with Crippen LogP contribution in [0.4, 0.5) is 0 Å². The molecule has 132 valence electrons. The SMILES string of the molecule is O=C(O)COCCNC(=O)CC(Cc1ccccc1)c1ccccc1. The van der Waals surface area contributed by atoms with Crippen LogP contribution in [0.2, 0.25) is 0 Å². The van der Waals surface area contributed by atoms with Crippen LogP contribution in [0.15, 0.2) is 60.7 Å². The van der Waals surface area contributed by atoms with Gasteiger partial charge < -0.3 is 15.2 Å². The first-order valence-corrected chi connectivity index (χ1v) is 8.30. The molecule has 5 heteroatoms. The zero-order valence-electron chi connectivity index (χ0n) is 14.1. The van der Waals surface area contributed by atoms with E-state index in [9.17, 15) is 9.59 Å². The summed E-state index contributed by atoms with van der Waals surface area (Å²) in [6.07, 6.45) is 1.16. The second-order valence-electron chi connectivity index (χ2n) is 5.80. The molecule has 0 aromatic heterocycles. The predicted octanol–water partition coefficient (Wildman–Crippen LogP) is 2.62. The van der Waals surface area contributed by atoms with E-state index in [1.165, 1.54) is 5.56 Å². The van der Waals surface area contributed by atoms with E-state index in [2.05, 4.69) is 17.4 Å². The minimum atomic E-state index is -1.02. The Morgan fingerprint density at radius 2 is 1.64 bits per heavy atom. The van der Waals surface area contributed by atoms with E-state index in [0.717, 1.165) is 12.0 Å². The second kappa shape index (κ2) is 10.3. The molecular weight excluding hydrogens is 318 g/mol. The molecule has 0 aliphatic carbocycles. The van der Waals surface area contributed by atoms with E-state index < -0.39 is 5.97 Å². The summed E-state index contributed by atoms with van der Waals surface area (Å²) in [6.45, 7) is 0.141. The molecule has 5 nitrogen and oxygen atoms in total. The summed E-state index contributed by atoms with van der Waals surface area (Å²) in [5.74, 6) is -0.995. The van der Waals surface area contributed by atoms with Gasteiger partial charge in [-0.15, -0.1) is 0 Å². The van der Waals surface area contributed by atoms with Crippen molar-refractivity contribution in [3.05, 3.63) is 71.8 Å². The number of rotatable bonds is 10. The molecule has 0 radical (unpaired) electrons. The number of carbonyl (C=O) groups is 2. The minimum Gasteiger partial charge on any atom is -0.480 e. The highest BCUT2D eigenvalue weighted by Crippen LogP contribution is 2.24. The van der Waals surface area contributed by atoms with Crippen LogP contribution in [-0.2, 0) is 20.7 Å². The van der Waals surface area contributed by atoms with Gasteiger partial charge in [-0.3, -0.25) is 4.79 Å². The lowest BCUT2D eigenvalue weighted by molar-refractivity contribution is -0.142. The molecule has 0 heterocycles. The van der Waals surface area contributed by atoms with Crippen molar-refractivity contribution >= 4 is 11.9 Å². The third-order valence-corrected chi connectivity index (χ3v) is 3.82. The van der Waals surface area contributed by atoms with Crippen molar-refractivity contribution in [3.8, 4) is 0 Å². The molecule has 0 spiro atoms. The number of nitrogens with one attached hydrogen (secondary N) is 1. The fourth-order valence-electron chi connectivity index (χ4n) is 2.65. The molecule has 0 saturated heterocycles. The van der Waals surface area contributed by atoms with Crippen molar-refractivity contribution in [3.63, 3.8) is 0 Å². The van der Waals surface area contributed by atoms with Gasteiger partial charge in [0.15, 0.2) is 0 Å². The maximum absolute atomic E-state index is 12.2. The normalized spacial score (nSPS) is 11.7. The number of aliphatic carboxylic acids is 1. The highest BCUT2D eigenvalue weighted by atomic mass is 16.5. The van der Waals surface area contributed by atoms with Crippen LogP contribution in [0.1, 0.15) is 23.5 Å². The number of carbonyl (C=O) groups excluding carboxylic acids is 1. The molecule has 1 amide bonds. The fourth-order valence-corrected chi connectivity index (χ4v) is 2.65. The van der Waals surface area contributed by atoms with Gasteiger partial charge >= 0.3 is 5.97 Å². The molecule has 2 rings (SSSR count). The van der Waals surface area contributed by atoms with Crippen LogP contribution in [0.25, 0.3) is 0 Å². The van der Waals surface area contributed by atoms with Gasteiger partial charge in [-0.25, -0.2) is 4.79 Å². The summed E-state index contributed by atoms with van der Waals surface area (Å²) in [4.78, 5) is 22.6. The smallest absolute Gasteiger partial charge is 0.329 e. The van der Waals surface area contributed by atoms with Crippen molar-refractivity contribution in [1.82, 2.24) is 5.32 Å². The monoisotopic (exact) mass is 341 g/mol. The Labute approximate surface area is 147 Å². The van der Waals surface area contributed by atoms with E-state index in [-0.39, 0.29) is 25.0 Å². The van der Waals surface area contributed by atoms with Gasteiger partial charge in [-0.2, -0.15) is 0 Å². The van der Waals surface area contributed by atoms with Gasteiger partial charge in [-0.1, -0.05) is 60.7 Å². The van der Waals surface area contributed by atoms with Gasteiger partial charge in [0.2, 0.25) is 5.91 Å². The summed E-state index contributed by atoms with van der Waals surface area (Å²) < 4.78 is 4.92. The molecule has 2 N–H and O–H groups in total. The number of ether oxygens (including phenoxy) is 1. The standard InChI is InChI=1S/C20H23NO4/c22-19(21-11-12-25-15-20(23)24)14-18(17-9-5-2-6-10-17)13-16-7-3-1-4-8-16/h1-10,18H,11-15H2,(H,21,22)(H,23,24). The summed E-state index contributed by atoms with van der Waals surface area (Å²) in [6, 6.07) is 20.1. The Hall–Kier alpha value is -2.66. The molecular formula is C20H23NO4. The minimum absolute atomic E-state index is 0.0660. The van der Waals surface area contributed by atoms with Crippen LogP contribution < -0.4 is 5.32 Å². The van der Waals surface area contributed by atoms with Gasteiger partial charge in [0.25, 0.3) is 0 Å². The molecule has 2 aromatic rings. The van der Waals surface area contributed by atoms with Gasteiger partial charge in [0.05, 0.1) is 6.61 Å².